The minimum absolute atomic E-state index is 0.424. The van der Waals surface area contributed by atoms with Crippen molar-refractivity contribution in [3.63, 3.8) is 0 Å². The van der Waals surface area contributed by atoms with Crippen LogP contribution in [0.5, 0.6) is 0 Å². The first-order valence-electron chi connectivity index (χ1n) is 4.65. The van der Waals surface area contributed by atoms with E-state index >= 15 is 0 Å². The Morgan fingerprint density at radius 2 is 2.29 bits per heavy atom. The van der Waals surface area contributed by atoms with E-state index in [1.165, 1.54) is 0 Å². The second-order valence-electron chi connectivity index (χ2n) is 3.65. The zero-order valence-electron chi connectivity index (χ0n) is 7.74. The molecule has 0 aliphatic carbocycles. The average molecular weight is 198 g/mol. The number of hydrogen-bond donors (Lipinski definition) is 0. The molecule has 76 valence electrons. The van der Waals surface area contributed by atoms with Crippen molar-refractivity contribution in [1.82, 2.24) is 9.88 Å². The molecule has 0 unspecified atom stereocenters. The van der Waals surface area contributed by atoms with Crippen LogP contribution in [0.3, 0.4) is 0 Å². The molecule has 0 spiro atoms. The lowest BCUT2D eigenvalue weighted by Gasteiger charge is -2.38. The number of likely N-dealkylation sites (tertiary alicyclic amines) is 1. The van der Waals surface area contributed by atoms with Crippen molar-refractivity contribution >= 4 is 0 Å². The lowest BCUT2D eigenvalue weighted by atomic mass is 10.0. The molecule has 0 bridgehead atoms. The number of pyridine rings is 1. The fraction of sp³-hybridized carbons (Fsp3) is 0.500. The lowest BCUT2D eigenvalue weighted by molar-refractivity contribution is -0.0279. The molecule has 2 rings (SSSR count). The van der Waals surface area contributed by atoms with Crippen LogP contribution in [0.15, 0.2) is 24.5 Å². The normalized spacial score (nSPS) is 18.5. The van der Waals surface area contributed by atoms with Crippen LogP contribution < -0.4 is 0 Å². The summed E-state index contributed by atoms with van der Waals surface area (Å²) >= 11 is 0. The number of alkyl halides is 2. The van der Waals surface area contributed by atoms with Gasteiger partial charge in [-0.25, -0.2) is 8.78 Å². The molecule has 1 aliphatic rings. The zero-order valence-corrected chi connectivity index (χ0v) is 7.74. The first-order valence-corrected chi connectivity index (χ1v) is 4.65. The maximum atomic E-state index is 12.2. The van der Waals surface area contributed by atoms with E-state index in [9.17, 15) is 8.78 Å². The Labute approximate surface area is 81.6 Å². The second kappa shape index (κ2) is 4.00. The predicted molar refractivity (Wildman–Crippen MR) is 49.0 cm³/mol. The summed E-state index contributed by atoms with van der Waals surface area (Å²) in [6.45, 7) is 1.75. The van der Waals surface area contributed by atoms with Crippen LogP contribution >= 0.6 is 0 Å². The SMILES string of the molecule is FC(F)C1CN(Cc2cccnc2)C1. The summed E-state index contributed by atoms with van der Waals surface area (Å²) in [6, 6.07) is 3.82. The summed E-state index contributed by atoms with van der Waals surface area (Å²) in [5.74, 6) is -0.424. The van der Waals surface area contributed by atoms with Gasteiger partial charge in [-0.15, -0.1) is 0 Å². The van der Waals surface area contributed by atoms with Gasteiger partial charge in [-0.1, -0.05) is 6.07 Å². The van der Waals surface area contributed by atoms with Gasteiger partial charge in [0.2, 0.25) is 6.43 Å². The van der Waals surface area contributed by atoms with E-state index in [1.807, 2.05) is 17.0 Å². The predicted octanol–water partition coefficient (Wildman–Crippen LogP) is 1.78. The molecule has 0 aromatic carbocycles. The summed E-state index contributed by atoms with van der Waals surface area (Å²) in [4.78, 5) is 5.98. The van der Waals surface area contributed by atoms with E-state index in [4.69, 9.17) is 0 Å². The Hall–Kier alpha value is -1.03. The first kappa shape index (κ1) is 9.52. The fourth-order valence-electron chi connectivity index (χ4n) is 1.65. The van der Waals surface area contributed by atoms with Crippen LogP contribution in [0.1, 0.15) is 5.56 Å². The van der Waals surface area contributed by atoms with Crippen LogP contribution in [-0.2, 0) is 6.54 Å². The maximum absolute atomic E-state index is 12.2. The van der Waals surface area contributed by atoms with Crippen LogP contribution in [0.4, 0.5) is 8.78 Å². The average Bonchev–Trinajstić information content (AvgIpc) is 2.12. The topological polar surface area (TPSA) is 16.1 Å². The van der Waals surface area contributed by atoms with Crippen LogP contribution in [0.2, 0.25) is 0 Å². The fourth-order valence-corrected chi connectivity index (χ4v) is 1.65. The highest BCUT2D eigenvalue weighted by Crippen LogP contribution is 2.23. The van der Waals surface area contributed by atoms with Crippen molar-refractivity contribution in [2.75, 3.05) is 13.1 Å². The van der Waals surface area contributed by atoms with E-state index in [2.05, 4.69) is 4.98 Å². The minimum atomic E-state index is -2.17. The van der Waals surface area contributed by atoms with E-state index in [-0.39, 0.29) is 0 Å². The molecule has 1 aliphatic heterocycles. The molecular formula is C10H12F2N2. The van der Waals surface area contributed by atoms with Crippen molar-refractivity contribution in [2.45, 2.75) is 13.0 Å². The summed E-state index contributed by atoms with van der Waals surface area (Å²) < 4.78 is 24.3. The number of rotatable bonds is 3. The third-order valence-corrected chi connectivity index (χ3v) is 2.47. The highest BCUT2D eigenvalue weighted by Gasteiger charge is 2.33. The summed E-state index contributed by atoms with van der Waals surface area (Å²) in [6.07, 6.45) is 1.32. The van der Waals surface area contributed by atoms with Gasteiger partial charge in [-0.2, -0.15) is 0 Å². The zero-order chi connectivity index (χ0) is 9.97. The molecule has 0 atom stereocenters. The molecule has 2 heterocycles. The minimum Gasteiger partial charge on any atom is -0.298 e. The molecule has 1 fully saturated rings. The molecule has 1 aromatic heterocycles. The molecule has 14 heavy (non-hydrogen) atoms. The smallest absolute Gasteiger partial charge is 0.243 e. The number of hydrogen-bond acceptors (Lipinski definition) is 2. The Morgan fingerprint density at radius 3 is 2.86 bits per heavy atom. The molecule has 2 nitrogen and oxygen atoms in total. The van der Waals surface area contributed by atoms with Gasteiger partial charge in [0.05, 0.1) is 0 Å². The van der Waals surface area contributed by atoms with Gasteiger partial charge in [0.15, 0.2) is 0 Å². The highest BCUT2D eigenvalue weighted by molar-refractivity contribution is 5.08. The summed E-state index contributed by atoms with van der Waals surface area (Å²) in [5, 5.41) is 0. The Morgan fingerprint density at radius 1 is 1.50 bits per heavy atom. The van der Waals surface area contributed by atoms with Gasteiger partial charge < -0.3 is 0 Å². The van der Waals surface area contributed by atoms with Crippen molar-refractivity contribution in [3.05, 3.63) is 30.1 Å². The standard InChI is InChI=1S/C10H12F2N2/c11-10(12)9-6-14(7-9)5-8-2-1-3-13-4-8/h1-4,9-10H,5-7H2. The van der Waals surface area contributed by atoms with Gasteiger partial charge in [0, 0.05) is 37.9 Å². The molecular weight excluding hydrogens is 186 g/mol. The van der Waals surface area contributed by atoms with E-state index < -0.39 is 12.3 Å². The monoisotopic (exact) mass is 198 g/mol. The first-order chi connectivity index (χ1) is 6.75. The van der Waals surface area contributed by atoms with Gasteiger partial charge in [-0.05, 0) is 11.6 Å². The molecule has 0 N–H and O–H groups in total. The highest BCUT2D eigenvalue weighted by atomic mass is 19.3. The van der Waals surface area contributed by atoms with Gasteiger partial charge in [0.25, 0.3) is 0 Å². The van der Waals surface area contributed by atoms with Crippen molar-refractivity contribution in [2.24, 2.45) is 5.92 Å². The van der Waals surface area contributed by atoms with Crippen LogP contribution in [0.25, 0.3) is 0 Å². The van der Waals surface area contributed by atoms with E-state index in [1.54, 1.807) is 12.4 Å². The lowest BCUT2D eigenvalue weighted by Crippen LogP contribution is -2.49. The van der Waals surface area contributed by atoms with Crippen molar-refractivity contribution < 1.29 is 8.78 Å². The number of nitrogens with zero attached hydrogens (tertiary/aromatic N) is 2. The summed E-state index contributed by atoms with van der Waals surface area (Å²) in [7, 11) is 0. The van der Waals surface area contributed by atoms with E-state index in [0.717, 1.165) is 12.1 Å². The third-order valence-electron chi connectivity index (χ3n) is 2.47. The molecule has 1 aromatic rings. The molecule has 0 saturated carbocycles. The molecule has 4 heteroatoms. The quantitative estimate of drug-likeness (QED) is 0.736. The molecule has 1 saturated heterocycles. The van der Waals surface area contributed by atoms with Crippen molar-refractivity contribution in [1.29, 1.82) is 0 Å². The third kappa shape index (κ3) is 2.07. The second-order valence-corrected chi connectivity index (χ2v) is 3.65. The van der Waals surface area contributed by atoms with Crippen molar-refractivity contribution in [3.8, 4) is 0 Å². The van der Waals surface area contributed by atoms with Crippen LogP contribution in [-0.4, -0.2) is 29.4 Å². The van der Waals surface area contributed by atoms with Gasteiger partial charge in [0.1, 0.15) is 0 Å². The summed E-state index contributed by atoms with van der Waals surface area (Å²) in [5.41, 5.74) is 1.08. The Kier molecular flexibility index (Phi) is 2.72. The molecule has 0 radical (unpaired) electrons. The Balaban J connectivity index is 1.80. The van der Waals surface area contributed by atoms with Crippen LogP contribution in [0, 0.1) is 5.92 Å². The van der Waals surface area contributed by atoms with E-state index in [0.29, 0.717) is 13.1 Å². The number of halogens is 2. The van der Waals surface area contributed by atoms with Gasteiger partial charge >= 0.3 is 0 Å². The maximum Gasteiger partial charge on any atom is 0.243 e. The number of aromatic nitrogens is 1. The molecule has 0 amide bonds. The Bertz CT molecular complexity index is 283. The largest absolute Gasteiger partial charge is 0.298 e. The van der Waals surface area contributed by atoms with Gasteiger partial charge in [-0.3, -0.25) is 9.88 Å².